The van der Waals surface area contributed by atoms with E-state index < -0.39 is 0 Å². The highest BCUT2D eigenvalue weighted by atomic mass is 15.1. The van der Waals surface area contributed by atoms with Crippen molar-refractivity contribution in [3.05, 3.63) is 151 Å². The van der Waals surface area contributed by atoms with Crippen molar-refractivity contribution >= 4 is 54.4 Å². The fourth-order valence-corrected chi connectivity index (χ4v) is 6.77. The van der Waals surface area contributed by atoms with Crippen LogP contribution in [0, 0.1) is 11.3 Å². The standard InChI is InChI=1S/C40H24N4/c41-25-26-17-18-28-24-29(20-19-27(28)23-26)35-13-8-16-38(42-35)44-37-15-7-5-12-32(37)34-22-21-33-31-11-4-6-14-36(31)43(39(33)40(34)44)30-9-2-1-3-10-30/h1-24H. The summed E-state index contributed by atoms with van der Waals surface area (Å²) in [6.07, 6.45) is 0. The van der Waals surface area contributed by atoms with Gasteiger partial charge in [-0.05, 0) is 65.4 Å². The molecule has 9 rings (SSSR count). The Morgan fingerprint density at radius 2 is 1.14 bits per heavy atom. The maximum Gasteiger partial charge on any atom is 0.138 e. The van der Waals surface area contributed by atoms with Crippen LogP contribution in [0.4, 0.5) is 0 Å². The molecule has 0 aliphatic carbocycles. The van der Waals surface area contributed by atoms with Crippen molar-refractivity contribution in [1.29, 1.82) is 5.26 Å². The van der Waals surface area contributed by atoms with Gasteiger partial charge in [-0.2, -0.15) is 5.26 Å². The number of benzene rings is 6. The topological polar surface area (TPSA) is 46.5 Å². The molecule has 0 aliphatic rings. The zero-order valence-corrected chi connectivity index (χ0v) is 23.6. The summed E-state index contributed by atoms with van der Waals surface area (Å²) in [7, 11) is 0. The van der Waals surface area contributed by atoms with E-state index in [0.29, 0.717) is 5.56 Å². The first kappa shape index (κ1) is 24.4. The van der Waals surface area contributed by atoms with Gasteiger partial charge >= 0.3 is 0 Å². The number of nitriles is 1. The number of fused-ring (bicyclic) bond motifs is 8. The molecule has 0 atom stereocenters. The predicted octanol–water partition coefficient (Wildman–Crippen LogP) is 9.97. The second kappa shape index (κ2) is 9.42. The lowest BCUT2D eigenvalue weighted by molar-refractivity contribution is 1.08. The molecule has 44 heavy (non-hydrogen) atoms. The molecule has 204 valence electrons. The van der Waals surface area contributed by atoms with Gasteiger partial charge in [0.15, 0.2) is 0 Å². The molecular formula is C40H24N4. The molecule has 0 N–H and O–H groups in total. The van der Waals surface area contributed by atoms with Crippen molar-refractivity contribution in [1.82, 2.24) is 14.1 Å². The van der Waals surface area contributed by atoms with E-state index >= 15 is 0 Å². The second-order valence-electron chi connectivity index (χ2n) is 11.2. The van der Waals surface area contributed by atoms with E-state index in [1.54, 1.807) is 0 Å². The summed E-state index contributed by atoms with van der Waals surface area (Å²) >= 11 is 0. The van der Waals surface area contributed by atoms with Gasteiger partial charge in [-0.15, -0.1) is 0 Å². The van der Waals surface area contributed by atoms with E-state index in [1.807, 2.05) is 18.2 Å². The fraction of sp³-hybridized carbons (Fsp3) is 0. The van der Waals surface area contributed by atoms with Gasteiger partial charge in [0.05, 0.1) is 39.4 Å². The molecule has 0 bridgehead atoms. The molecule has 0 saturated heterocycles. The first-order valence-corrected chi connectivity index (χ1v) is 14.7. The lowest BCUT2D eigenvalue weighted by Crippen LogP contribution is -2.01. The highest BCUT2D eigenvalue weighted by molar-refractivity contribution is 6.23. The largest absolute Gasteiger partial charge is 0.307 e. The van der Waals surface area contributed by atoms with Crippen LogP contribution in [0.5, 0.6) is 0 Å². The zero-order valence-electron chi connectivity index (χ0n) is 23.6. The summed E-state index contributed by atoms with van der Waals surface area (Å²) in [4.78, 5) is 5.29. The van der Waals surface area contributed by atoms with E-state index in [9.17, 15) is 5.26 Å². The minimum absolute atomic E-state index is 0.663. The summed E-state index contributed by atoms with van der Waals surface area (Å²) in [5.41, 5.74) is 8.32. The minimum Gasteiger partial charge on any atom is -0.307 e. The first-order chi connectivity index (χ1) is 21.8. The number of hydrogen-bond donors (Lipinski definition) is 0. The lowest BCUT2D eigenvalue weighted by atomic mass is 10.0. The number of hydrogen-bond acceptors (Lipinski definition) is 2. The van der Waals surface area contributed by atoms with E-state index in [4.69, 9.17) is 4.98 Å². The highest BCUT2D eigenvalue weighted by Gasteiger charge is 2.21. The van der Waals surface area contributed by atoms with Crippen LogP contribution in [-0.4, -0.2) is 14.1 Å². The molecule has 4 nitrogen and oxygen atoms in total. The number of nitrogens with zero attached hydrogens (tertiary/aromatic N) is 4. The molecule has 0 fully saturated rings. The fourth-order valence-electron chi connectivity index (χ4n) is 6.77. The summed E-state index contributed by atoms with van der Waals surface area (Å²) in [6, 6.07) is 53.0. The molecule has 0 aliphatic heterocycles. The van der Waals surface area contributed by atoms with Crippen molar-refractivity contribution < 1.29 is 0 Å². The van der Waals surface area contributed by atoms with Crippen molar-refractivity contribution in [2.75, 3.05) is 0 Å². The van der Waals surface area contributed by atoms with E-state index in [0.717, 1.165) is 50.1 Å². The molecule has 0 radical (unpaired) electrons. The van der Waals surface area contributed by atoms with Gasteiger partial charge in [0.1, 0.15) is 5.82 Å². The van der Waals surface area contributed by atoms with Gasteiger partial charge in [0.2, 0.25) is 0 Å². The summed E-state index contributed by atoms with van der Waals surface area (Å²) in [6.45, 7) is 0. The van der Waals surface area contributed by atoms with Crippen molar-refractivity contribution in [3.63, 3.8) is 0 Å². The van der Waals surface area contributed by atoms with Crippen LogP contribution >= 0.6 is 0 Å². The minimum atomic E-state index is 0.663. The highest BCUT2D eigenvalue weighted by Crippen LogP contribution is 2.41. The smallest absolute Gasteiger partial charge is 0.138 e. The van der Waals surface area contributed by atoms with Crippen LogP contribution in [0.25, 0.3) is 77.1 Å². The lowest BCUT2D eigenvalue weighted by Gasteiger charge is -2.13. The second-order valence-corrected chi connectivity index (χ2v) is 11.2. The Morgan fingerprint density at radius 1 is 0.500 bits per heavy atom. The average Bonchev–Trinajstić information content (AvgIpc) is 3.61. The van der Waals surface area contributed by atoms with Crippen LogP contribution in [0.15, 0.2) is 146 Å². The molecule has 4 heteroatoms. The first-order valence-electron chi connectivity index (χ1n) is 14.7. The summed E-state index contributed by atoms with van der Waals surface area (Å²) in [5.74, 6) is 0.867. The molecule has 9 aromatic rings. The number of rotatable bonds is 3. The van der Waals surface area contributed by atoms with Crippen molar-refractivity contribution in [2.24, 2.45) is 0 Å². The van der Waals surface area contributed by atoms with Gasteiger partial charge in [0.25, 0.3) is 0 Å². The van der Waals surface area contributed by atoms with Crippen LogP contribution < -0.4 is 0 Å². The zero-order chi connectivity index (χ0) is 29.2. The maximum absolute atomic E-state index is 9.33. The Balaban J connectivity index is 1.37. The van der Waals surface area contributed by atoms with Gasteiger partial charge in [-0.1, -0.05) is 91.0 Å². The Hall–Kier alpha value is -6.18. The van der Waals surface area contributed by atoms with E-state index in [2.05, 4.69) is 143 Å². The molecule has 3 aromatic heterocycles. The van der Waals surface area contributed by atoms with Gasteiger partial charge < -0.3 is 4.57 Å². The molecule has 0 unspecified atom stereocenters. The SMILES string of the molecule is N#Cc1ccc2cc(-c3cccc(-n4c5ccccc5c5ccc6c7ccccc7n(-c7ccccc7)c6c54)n3)ccc2c1. The Labute approximate surface area is 253 Å². The molecule has 0 amide bonds. The number of para-hydroxylation sites is 3. The Morgan fingerprint density at radius 3 is 1.89 bits per heavy atom. The number of pyridine rings is 1. The maximum atomic E-state index is 9.33. The molecule has 3 heterocycles. The average molecular weight is 561 g/mol. The van der Waals surface area contributed by atoms with E-state index in [1.165, 1.54) is 27.1 Å². The van der Waals surface area contributed by atoms with Gasteiger partial charge in [-0.3, -0.25) is 4.57 Å². The van der Waals surface area contributed by atoms with Crippen molar-refractivity contribution in [2.45, 2.75) is 0 Å². The van der Waals surface area contributed by atoms with Crippen LogP contribution in [0.3, 0.4) is 0 Å². The van der Waals surface area contributed by atoms with E-state index in [-0.39, 0.29) is 0 Å². The number of aromatic nitrogens is 3. The van der Waals surface area contributed by atoms with Crippen molar-refractivity contribution in [3.8, 4) is 28.8 Å². The third-order valence-corrected chi connectivity index (χ3v) is 8.71. The third-order valence-electron chi connectivity index (χ3n) is 8.71. The Bertz CT molecular complexity index is 2620. The molecule has 6 aromatic carbocycles. The monoisotopic (exact) mass is 560 g/mol. The molecule has 0 saturated carbocycles. The Kier molecular flexibility index (Phi) is 5.23. The third kappa shape index (κ3) is 3.54. The molecular weight excluding hydrogens is 536 g/mol. The summed E-state index contributed by atoms with van der Waals surface area (Å²) in [5, 5.41) is 16.3. The molecule has 0 spiro atoms. The van der Waals surface area contributed by atoms with Gasteiger partial charge in [-0.25, -0.2) is 4.98 Å². The predicted molar refractivity (Wildman–Crippen MR) is 181 cm³/mol. The quantitative estimate of drug-likeness (QED) is 0.216. The normalized spacial score (nSPS) is 11.6. The van der Waals surface area contributed by atoms with Crippen LogP contribution in [0.1, 0.15) is 5.56 Å². The van der Waals surface area contributed by atoms with Crippen LogP contribution in [-0.2, 0) is 0 Å². The van der Waals surface area contributed by atoms with Gasteiger partial charge in [0, 0.05) is 32.8 Å². The van der Waals surface area contributed by atoms with Crippen LogP contribution in [0.2, 0.25) is 0 Å². The summed E-state index contributed by atoms with van der Waals surface area (Å²) < 4.78 is 4.72.